The van der Waals surface area contributed by atoms with Crippen molar-refractivity contribution < 1.29 is 5.11 Å². The smallest absolute Gasteiger partial charge is 0.0588 e. The van der Waals surface area contributed by atoms with E-state index in [2.05, 4.69) is 36.5 Å². The minimum absolute atomic E-state index is 0.233. The van der Waals surface area contributed by atoms with Crippen molar-refractivity contribution in [3.05, 3.63) is 35.4 Å². The number of aliphatic hydroxyl groups excluding tert-OH is 1. The zero-order valence-corrected chi connectivity index (χ0v) is 9.95. The van der Waals surface area contributed by atoms with Crippen molar-refractivity contribution in [1.29, 1.82) is 0 Å². The van der Waals surface area contributed by atoms with Crippen molar-refractivity contribution in [1.82, 2.24) is 5.32 Å². The molecule has 1 heterocycles. The van der Waals surface area contributed by atoms with Crippen molar-refractivity contribution >= 4 is 0 Å². The molecule has 2 atom stereocenters. The Morgan fingerprint density at radius 1 is 1.38 bits per heavy atom. The third-order valence-electron chi connectivity index (χ3n) is 3.40. The van der Waals surface area contributed by atoms with E-state index >= 15 is 0 Å². The van der Waals surface area contributed by atoms with E-state index in [4.69, 9.17) is 0 Å². The van der Waals surface area contributed by atoms with Crippen molar-refractivity contribution in [2.75, 3.05) is 6.61 Å². The average molecular weight is 219 g/mol. The maximum atomic E-state index is 9.30. The van der Waals surface area contributed by atoms with E-state index in [1.165, 1.54) is 30.4 Å². The van der Waals surface area contributed by atoms with Gasteiger partial charge < -0.3 is 10.4 Å². The number of fused-ring (bicyclic) bond motifs is 1. The lowest BCUT2D eigenvalue weighted by Crippen LogP contribution is -2.41. The van der Waals surface area contributed by atoms with E-state index in [9.17, 15) is 5.11 Å². The van der Waals surface area contributed by atoms with Gasteiger partial charge in [-0.05, 0) is 24.0 Å². The molecule has 0 saturated heterocycles. The number of aliphatic hydroxyl groups is 1. The molecule has 0 aromatic heterocycles. The summed E-state index contributed by atoms with van der Waals surface area (Å²) in [6.07, 6.45) is 4.59. The molecule has 0 unspecified atom stereocenters. The number of rotatable bonds is 4. The summed E-state index contributed by atoms with van der Waals surface area (Å²) in [4.78, 5) is 0. The van der Waals surface area contributed by atoms with Crippen LogP contribution in [0.3, 0.4) is 0 Å². The highest BCUT2D eigenvalue weighted by molar-refractivity contribution is 5.33. The molecule has 0 saturated carbocycles. The Labute approximate surface area is 97.7 Å². The van der Waals surface area contributed by atoms with E-state index in [0.29, 0.717) is 6.04 Å². The van der Waals surface area contributed by atoms with E-state index < -0.39 is 0 Å². The monoisotopic (exact) mass is 219 g/mol. The van der Waals surface area contributed by atoms with E-state index in [1.807, 2.05) is 0 Å². The molecule has 2 heteroatoms. The standard InChI is InChI=1S/C14H21NO/c1-2-3-8-14-13-7-5-4-6-11(13)9-12(10-16)15-14/h4-7,12,14-16H,2-3,8-10H2,1H3/t12-,14+/m0/s1. The number of nitrogens with one attached hydrogen (secondary N) is 1. The normalized spacial score (nSPS) is 24.1. The van der Waals surface area contributed by atoms with Gasteiger partial charge in [-0.1, -0.05) is 44.0 Å². The Morgan fingerprint density at radius 2 is 2.19 bits per heavy atom. The van der Waals surface area contributed by atoms with Crippen LogP contribution in [0.4, 0.5) is 0 Å². The molecule has 0 radical (unpaired) electrons. The van der Waals surface area contributed by atoms with Gasteiger partial charge in [0, 0.05) is 12.1 Å². The summed E-state index contributed by atoms with van der Waals surface area (Å²) in [6.45, 7) is 2.45. The second kappa shape index (κ2) is 5.46. The molecular formula is C14H21NO. The lowest BCUT2D eigenvalue weighted by Gasteiger charge is -2.32. The van der Waals surface area contributed by atoms with Crippen molar-refractivity contribution in [3.63, 3.8) is 0 Å². The van der Waals surface area contributed by atoms with Crippen molar-refractivity contribution in [2.45, 2.75) is 44.7 Å². The van der Waals surface area contributed by atoms with E-state index in [-0.39, 0.29) is 12.6 Å². The first-order chi connectivity index (χ1) is 7.85. The second-order valence-corrected chi connectivity index (χ2v) is 4.64. The molecule has 0 spiro atoms. The van der Waals surface area contributed by atoms with Crippen LogP contribution in [0.2, 0.25) is 0 Å². The van der Waals surface area contributed by atoms with Gasteiger partial charge in [-0.15, -0.1) is 0 Å². The predicted molar refractivity (Wildman–Crippen MR) is 66.4 cm³/mol. The molecule has 1 aromatic rings. The summed E-state index contributed by atoms with van der Waals surface area (Å²) in [6, 6.07) is 9.28. The van der Waals surface area contributed by atoms with Gasteiger partial charge in [0.25, 0.3) is 0 Å². The summed E-state index contributed by atoms with van der Waals surface area (Å²) in [5.74, 6) is 0. The molecule has 16 heavy (non-hydrogen) atoms. The Hall–Kier alpha value is -0.860. The van der Waals surface area contributed by atoms with Crippen LogP contribution < -0.4 is 5.32 Å². The first-order valence-electron chi connectivity index (χ1n) is 6.30. The molecule has 1 aromatic carbocycles. The van der Waals surface area contributed by atoms with Gasteiger partial charge in [0.1, 0.15) is 0 Å². The summed E-state index contributed by atoms with van der Waals surface area (Å²) in [5.41, 5.74) is 2.84. The highest BCUT2D eigenvalue weighted by Crippen LogP contribution is 2.28. The minimum Gasteiger partial charge on any atom is -0.395 e. The Morgan fingerprint density at radius 3 is 2.94 bits per heavy atom. The maximum Gasteiger partial charge on any atom is 0.0588 e. The molecule has 1 aliphatic heterocycles. The van der Waals surface area contributed by atoms with Gasteiger partial charge in [0.05, 0.1) is 6.61 Å². The molecular weight excluding hydrogens is 198 g/mol. The van der Waals surface area contributed by atoms with E-state index in [0.717, 1.165) is 6.42 Å². The molecule has 88 valence electrons. The van der Waals surface area contributed by atoms with Crippen LogP contribution in [0.15, 0.2) is 24.3 Å². The molecule has 2 N–H and O–H groups in total. The molecule has 0 aliphatic carbocycles. The summed E-state index contributed by atoms with van der Waals surface area (Å²) < 4.78 is 0. The summed E-state index contributed by atoms with van der Waals surface area (Å²) in [7, 11) is 0. The third-order valence-corrected chi connectivity index (χ3v) is 3.40. The summed E-state index contributed by atoms with van der Waals surface area (Å²) >= 11 is 0. The van der Waals surface area contributed by atoms with Gasteiger partial charge in [-0.25, -0.2) is 0 Å². The SMILES string of the molecule is CCCC[C@H]1N[C@H](CO)Cc2ccccc21. The van der Waals surface area contributed by atoms with Crippen LogP contribution in [-0.2, 0) is 6.42 Å². The zero-order valence-electron chi connectivity index (χ0n) is 9.95. The van der Waals surface area contributed by atoms with Crippen molar-refractivity contribution in [3.8, 4) is 0 Å². The second-order valence-electron chi connectivity index (χ2n) is 4.64. The molecule has 2 rings (SSSR count). The third kappa shape index (κ3) is 2.45. The van der Waals surface area contributed by atoms with Crippen LogP contribution in [-0.4, -0.2) is 17.8 Å². The molecule has 1 aliphatic rings. The largest absolute Gasteiger partial charge is 0.395 e. The first-order valence-corrected chi connectivity index (χ1v) is 6.30. The van der Waals surface area contributed by atoms with Crippen LogP contribution in [0, 0.1) is 0 Å². The summed E-state index contributed by atoms with van der Waals surface area (Å²) in [5, 5.41) is 12.8. The molecule has 2 nitrogen and oxygen atoms in total. The maximum absolute atomic E-state index is 9.30. The minimum atomic E-state index is 0.233. The fraction of sp³-hybridized carbons (Fsp3) is 0.571. The molecule has 0 bridgehead atoms. The van der Waals surface area contributed by atoms with Crippen LogP contribution in [0.25, 0.3) is 0 Å². The van der Waals surface area contributed by atoms with Crippen molar-refractivity contribution in [2.24, 2.45) is 0 Å². The van der Waals surface area contributed by atoms with Crippen LogP contribution >= 0.6 is 0 Å². The van der Waals surface area contributed by atoms with Crippen LogP contribution in [0.1, 0.15) is 43.4 Å². The quantitative estimate of drug-likeness (QED) is 0.815. The van der Waals surface area contributed by atoms with Gasteiger partial charge in [-0.3, -0.25) is 0 Å². The molecule has 0 amide bonds. The molecule has 0 fully saturated rings. The number of unbranched alkanes of at least 4 members (excludes halogenated alkanes) is 1. The van der Waals surface area contributed by atoms with Gasteiger partial charge in [0.15, 0.2) is 0 Å². The van der Waals surface area contributed by atoms with Gasteiger partial charge in [0.2, 0.25) is 0 Å². The number of hydrogen-bond acceptors (Lipinski definition) is 2. The zero-order chi connectivity index (χ0) is 11.4. The lowest BCUT2D eigenvalue weighted by atomic mass is 9.88. The highest BCUT2D eigenvalue weighted by atomic mass is 16.3. The van der Waals surface area contributed by atoms with Gasteiger partial charge >= 0.3 is 0 Å². The number of hydrogen-bond donors (Lipinski definition) is 2. The topological polar surface area (TPSA) is 32.3 Å². The lowest BCUT2D eigenvalue weighted by molar-refractivity contribution is 0.219. The average Bonchev–Trinajstić information content (AvgIpc) is 2.35. The Balaban J connectivity index is 2.17. The Kier molecular flexibility index (Phi) is 3.97. The number of benzene rings is 1. The fourth-order valence-electron chi connectivity index (χ4n) is 2.52. The fourth-order valence-corrected chi connectivity index (χ4v) is 2.52. The highest BCUT2D eigenvalue weighted by Gasteiger charge is 2.24. The van der Waals surface area contributed by atoms with Crippen LogP contribution in [0.5, 0.6) is 0 Å². The van der Waals surface area contributed by atoms with Gasteiger partial charge in [-0.2, -0.15) is 0 Å². The predicted octanol–water partition coefficient (Wildman–Crippen LogP) is 2.42. The van der Waals surface area contributed by atoms with E-state index in [1.54, 1.807) is 0 Å². The first kappa shape index (κ1) is 11.6. The Bertz CT molecular complexity index is 337.